The van der Waals surface area contributed by atoms with E-state index < -0.39 is 12.0 Å². The van der Waals surface area contributed by atoms with E-state index in [4.69, 9.17) is 0 Å². The van der Waals surface area contributed by atoms with Crippen LogP contribution in [0.5, 0.6) is 0 Å². The molecule has 4 rings (SSSR count). The molecule has 0 fully saturated rings. The maximum absolute atomic E-state index is 12.7. The molecule has 0 aliphatic carbocycles. The monoisotopic (exact) mass is 345 g/mol. The second-order valence-corrected chi connectivity index (χ2v) is 5.40. The van der Waals surface area contributed by atoms with Crippen molar-refractivity contribution in [3.8, 4) is 0 Å². The Morgan fingerprint density at radius 2 is 1.84 bits per heavy atom. The van der Waals surface area contributed by atoms with E-state index in [0.29, 0.717) is 16.8 Å². The zero-order chi connectivity index (χ0) is 17.6. The van der Waals surface area contributed by atoms with Crippen molar-refractivity contribution in [3.05, 3.63) is 54.1 Å². The smallest absolute Gasteiger partial charge is 0.345 e. The molecule has 4 aromatic rings. The highest BCUT2D eigenvalue weighted by Gasteiger charge is 2.34. The van der Waals surface area contributed by atoms with Gasteiger partial charge in [-0.05, 0) is 36.4 Å². The van der Waals surface area contributed by atoms with Gasteiger partial charge < -0.3 is 15.3 Å². The van der Waals surface area contributed by atoms with Gasteiger partial charge in [-0.1, -0.05) is 0 Å². The van der Waals surface area contributed by atoms with Gasteiger partial charge in [0.05, 0.1) is 28.4 Å². The molecule has 1 amide bonds. The van der Waals surface area contributed by atoms with Crippen LogP contribution in [0.1, 0.15) is 16.2 Å². The number of fused-ring (bicyclic) bond motifs is 2. The van der Waals surface area contributed by atoms with E-state index in [1.54, 1.807) is 18.2 Å². The van der Waals surface area contributed by atoms with Gasteiger partial charge in [0.25, 0.3) is 5.91 Å². The van der Waals surface area contributed by atoms with Crippen molar-refractivity contribution in [2.45, 2.75) is 6.18 Å². The number of hydrogen-bond donors (Lipinski definition) is 3. The number of hydrogen-bond acceptors (Lipinski definition) is 3. The molecular weight excluding hydrogens is 335 g/mol. The van der Waals surface area contributed by atoms with Crippen LogP contribution in [0.3, 0.4) is 0 Å². The minimum atomic E-state index is -4.55. The largest absolute Gasteiger partial charge is 0.449 e. The summed E-state index contributed by atoms with van der Waals surface area (Å²) in [5.74, 6) is -1.46. The molecule has 2 aromatic carbocycles. The zero-order valence-corrected chi connectivity index (χ0v) is 12.5. The molecule has 2 heterocycles. The Morgan fingerprint density at radius 3 is 2.64 bits per heavy atom. The minimum Gasteiger partial charge on any atom is -0.345 e. The third kappa shape index (κ3) is 2.80. The number of aromatic nitrogens is 4. The Bertz CT molecular complexity index is 1100. The number of carbonyl (C=O) groups is 1. The van der Waals surface area contributed by atoms with Crippen LogP contribution >= 0.6 is 0 Å². The van der Waals surface area contributed by atoms with Gasteiger partial charge >= 0.3 is 6.18 Å². The average molecular weight is 345 g/mol. The van der Waals surface area contributed by atoms with Gasteiger partial charge in [-0.3, -0.25) is 4.79 Å². The van der Waals surface area contributed by atoms with Crippen molar-refractivity contribution >= 4 is 33.7 Å². The van der Waals surface area contributed by atoms with E-state index in [0.717, 1.165) is 5.52 Å². The summed E-state index contributed by atoms with van der Waals surface area (Å²) in [6, 6.07) is 9.28. The van der Waals surface area contributed by atoms with Crippen LogP contribution < -0.4 is 5.32 Å². The lowest BCUT2D eigenvalue weighted by atomic mass is 10.2. The zero-order valence-electron chi connectivity index (χ0n) is 12.5. The number of nitrogens with zero attached hydrogens (tertiary/aromatic N) is 2. The van der Waals surface area contributed by atoms with Crippen molar-refractivity contribution in [2.24, 2.45) is 0 Å². The number of benzene rings is 2. The number of imidazole rings is 2. The lowest BCUT2D eigenvalue weighted by Crippen LogP contribution is -2.11. The predicted octanol–water partition coefficient (Wildman–Crippen LogP) is 3.71. The molecule has 0 aliphatic heterocycles. The molecule has 6 nitrogen and oxygen atoms in total. The number of amides is 1. The molecule has 126 valence electrons. The highest BCUT2D eigenvalue weighted by Crippen LogP contribution is 2.29. The molecule has 0 atom stereocenters. The second-order valence-electron chi connectivity index (χ2n) is 5.40. The maximum atomic E-state index is 12.7. The molecule has 0 aliphatic rings. The Kier molecular flexibility index (Phi) is 3.24. The number of anilines is 1. The summed E-state index contributed by atoms with van der Waals surface area (Å²) in [7, 11) is 0. The van der Waals surface area contributed by atoms with E-state index in [1.807, 2.05) is 0 Å². The molecule has 0 radical (unpaired) electrons. The van der Waals surface area contributed by atoms with Crippen LogP contribution in [0.2, 0.25) is 0 Å². The third-order valence-corrected chi connectivity index (χ3v) is 3.69. The van der Waals surface area contributed by atoms with Crippen LogP contribution in [0.15, 0.2) is 42.7 Å². The summed E-state index contributed by atoms with van der Waals surface area (Å²) in [6.45, 7) is 0. The van der Waals surface area contributed by atoms with Crippen molar-refractivity contribution in [2.75, 3.05) is 5.32 Å². The van der Waals surface area contributed by atoms with Crippen LogP contribution in [0, 0.1) is 0 Å². The number of nitrogens with one attached hydrogen (secondary N) is 3. The second kappa shape index (κ2) is 5.33. The van der Waals surface area contributed by atoms with E-state index >= 15 is 0 Å². The molecule has 25 heavy (non-hydrogen) atoms. The SMILES string of the molecule is O=C(Nc1ccc2nc(C(F)(F)F)[nH]c2c1)c1ccc2nc[nH]c2c1. The summed E-state index contributed by atoms with van der Waals surface area (Å²) < 4.78 is 38.1. The van der Waals surface area contributed by atoms with E-state index in [2.05, 4.69) is 25.3 Å². The van der Waals surface area contributed by atoms with Crippen LogP contribution in [-0.4, -0.2) is 25.8 Å². The Hall–Kier alpha value is -3.36. The van der Waals surface area contributed by atoms with E-state index in [1.165, 1.54) is 24.5 Å². The lowest BCUT2D eigenvalue weighted by Gasteiger charge is -2.05. The van der Waals surface area contributed by atoms with Crippen LogP contribution in [0.4, 0.5) is 18.9 Å². The van der Waals surface area contributed by atoms with Gasteiger partial charge in [0.2, 0.25) is 5.82 Å². The summed E-state index contributed by atoms with van der Waals surface area (Å²) >= 11 is 0. The van der Waals surface area contributed by atoms with E-state index in [-0.39, 0.29) is 16.9 Å². The fourth-order valence-corrected chi connectivity index (χ4v) is 2.50. The predicted molar refractivity (Wildman–Crippen MR) is 85.1 cm³/mol. The van der Waals surface area contributed by atoms with Gasteiger partial charge in [0.1, 0.15) is 0 Å². The summed E-state index contributed by atoms with van der Waals surface area (Å²) in [5, 5.41) is 2.65. The molecule has 0 saturated carbocycles. The molecule has 2 aromatic heterocycles. The minimum absolute atomic E-state index is 0.171. The third-order valence-electron chi connectivity index (χ3n) is 3.69. The van der Waals surface area contributed by atoms with Crippen molar-refractivity contribution in [1.82, 2.24) is 19.9 Å². The first-order chi connectivity index (χ1) is 11.9. The highest BCUT2D eigenvalue weighted by molar-refractivity contribution is 6.06. The molecule has 0 bridgehead atoms. The number of aromatic amines is 2. The number of halogens is 3. The molecule has 3 N–H and O–H groups in total. The first-order valence-electron chi connectivity index (χ1n) is 7.21. The van der Waals surface area contributed by atoms with Gasteiger partial charge in [0, 0.05) is 11.3 Å². The quantitative estimate of drug-likeness (QED) is 0.518. The van der Waals surface area contributed by atoms with Gasteiger partial charge in [-0.2, -0.15) is 13.2 Å². The number of rotatable bonds is 2. The van der Waals surface area contributed by atoms with Gasteiger partial charge in [-0.15, -0.1) is 0 Å². The fourth-order valence-electron chi connectivity index (χ4n) is 2.50. The average Bonchev–Trinajstić information content (AvgIpc) is 3.19. The number of alkyl halides is 3. The maximum Gasteiger partial charge on any atom is 0.449 e. The summed E-state index contributed by atoms with van der Waals surface area (Å²) in [5.41, 5.74) is 2.57. The van der Waals surface area contributed by atoms with Crippen molar-refractivity contribution in [1.29, 1.82) is 0 Å². The van der Waals surface area contributed by atoms with Gasteiger partial charge in [-0.25, -0.2) is 9.97 Å². The first-order valence-corrected chi connectivity index (χ1v) is 7.21. The standard InChI is InChI=1S/C16H10F3N5O/c17-16(18,19)15-23-11-4-2-9(6-13(11)24-15)22-14(25)8-1-3-10-12(5-8)21-7-20-10/h1-7H,(H,20,21)(H,22,25)(H,23,24). The van der Waals surface area contributed by atoms with Crippen LogP contribution in [0.25, 0.3) is 22.1 Å². The number of carbonyl (C=O) groups excluding carboxylic acids is 1. The summed E-state index contributed by atoms with van der Waals surface area (Å²) in [4.78, 5) is 25.0. The molecule has 9 heteroatoms. The molecule has 0 spiro atoms. The van der Waals surface area contributed by atoms with E-state index in [9.17, 15) is 18.0 Å². The highest BCUT2D eigenvalue weighted by atomic mass is 19.4. The Balaban J connectivity index is 1.62. The van der Waals surface area contributed by atoms with Crippen LogP contribution in [-0.2, 0) is 6.18 Å². The Morgan fingerprint density at radius 1 is 1.04 bits per heavy atom. The molecule has 0 unspecified atom stereocenters. The number of H-pyrrole nitrogens is 2. The topological polar surface area (TPSA) is 86.5 Å². The normalized spacial score (nSPS) is 12.0. The molecule has 0 saturated heterocycles. The molecular formula is C16H10F3N5O. The fraction of sp³-hybridized carbons (Fsp3) is 0.0625. The lowest BCUT2D eigenvalue weighted by molar-refractivity contribution is -0.144. The first kappa shape index (κ1) is 15.2. The van der Waals surface area contributed by atoms with Gasteiger partial charge in [0.15, 0.2) is 0 Å². The van der Waals surface area contributed by atoms with Crippen molar-refractivity contribution in [3.63, 3.8) is 0 Å². The van der Waals surface area contributed by atoms with Crippen molar-refractivity contribution < 1.29 is 18.0 Å². The summed E-state index contributed by atoms with van der Waals surface area (Å²) in [6.07, 6.45) is -3.03. The Labute approximate surface area is 138 Å².